The molecule has 7 heteroatoms. The number of hydrogen-bond acceptors (Lipinski definition) is 5. The molecule has 1 heterocycles. The van der Waals surface area contributed by atoms with E-state index in [0.717, 1.165) is 0 Å². The maximum atomic E-state index is 11.2. The van der Waals surface area contributed by atoms with Crippen LogP contribution in [0.1, 0.15) is 19.8 Å². The number of nitrogens with two attached hydrogens (primary N) is 1. The largest absolute Gasteiger partial charge is 0.544 e. The molecule has 6 nitrogen and oxygen atoms in total. The van der Waals surface area contributed by atoms with E-state index in [1.54, 1.807) is 0 Å². The maximum absolute atomic E-state index is 11.2. The van der Waals surface area contributed by atoms with E-state index >= 15 is 0 Å². The first kappa shape index (κ1) is 13.4. The topological polar surface area (TPSA) is 111 Å². The van der Waals surface area contributed by atoms with Crippen LogP contribution in [0.15, 0.2) is 0 Å². The Bertz CT molecular complexity index is 353. The molecular weight excluding hydrogens is 234 g/mol. The smallest absolute Gasteiger partial charge is 0.159 e. The van der Waals surface area contributed by atoms with Crippen molar-refractivity contribution < 1.29 is 28.7 Å². The fourth-order valence-corrected chi connectivity index (χ4v) is 3.77. The zero-order valence-electron chi connectivity index (χ0n) is 9.13. The normalized spacial score (nSPS) is 30.1. The Hall–Kier alpha value is -0.660. The number of carbonyl (C=O) groups is 1. The van der Waals surface area contributed by atoms with Gasteiger partial charge in [0.1, 0.15) is 23.9 Å². The molecule has 0 saturated carbocycles. The fourth-order valence-electron chi connectivity index (χ4n) is 1.94. The monoisotopic (exact) mass is 251 g/mol. The number of aliphatic carboxylic acids is 1. The van der Waals surface area contributed by atoms with Crippen molar-refractivity contribution in [2.75, 3.05) is 11.5 Å². The lowest BCUT2D eigenvalue weighted by molar-refractivity contribution is -0.716. The fraction of sp³-hybridized carbons (Fsp3) is 0.889. The summed E-state index contributed by atoms with van der Waals surface area (Å²) in [5.41, 5.74) is 0. The van der Waals surface area contributed by atoms with Gasteiger partial charge in [-0.25, -0.2) is 8.42 Å². The summed E-state index contributed by atoms with van der Waals surface area (Å²) in [5, 5.41) is 21.7. The van der Waals surface area contributed by atoms with Gasteiger partial charge in [-0.3, -0.25) is 0 Å². The molecular formula is C9H17NO5S. The highest BCUT2D eigenvalue weighted by Gasteiger charge is 2.40. The molecule has 0 aliphatic carbocycles. The van der Waals surface area contributed by atoms with Crippen LogP contribution in [0.25, 0.3) is 0 Å². The number of hydrogen-bond donors (Lipinski definition) is 2. The Labute approximate surface area is 94.6 Å². The van der Waals surface area contributed by atoms with Crippen LogP contribution in [0, 0.1) is 0 Å². The first-order valence-electron chi connectivity index (χ1n) is 5.30. The molecule has 16 heavy (non-hydrogen) atoms. The van der Waals surface area contributed by atoms with E-state index in [9.17, 15) is 23.4 Å². The molecule has 0 bridgehead atoms. The zero-order chi connectivity index (χ0) is 12.3. The molecule has 0 aromatic rings. The van der Waals surface area contributed by atoms with Crippen molar-refractivity contribution in [1.82, 2.24) is 0 Å². The van der Waals surface area contributed by atoms with Crippen LogP contribution in [0.3, 0.4) is 0 Å². The summed E-state index contributed by atoms with van der Waals surface area (Å²) in [6.45, 7) is 1.84. The lowest BCUT2D eigenvalue weighted by Gasteiger charge is -2.21. The van der Waals surface area contributed by atoms with Crippen LogP contribution in [0.4, 0.5) is 0 Å². The molecule has 0 radical (unpaired) electrons. The molecule has 1 rings (SSSR count). The number of sulfone groups is 1. The summed E-state index contributed by atoms with van der Waals surface area (Å²) in [6.07, 6.45) is 0.0970. The number of carboxylic acid groups (broad SMARTS) is 1. The second-order valence-corrected chi connectivity index (χ2v) is 6.37. The SMILES string of the molecule is CCC[C@H]([NH2+][C@@H]1CS(=O)(=O)C[C@@H]1O)C(=O)[O-]. The van der Waals surface area contributed by atoms with Crippen LogP contribution in [0.2, 0.25) is 0 Å². The number of quaternary nitrogens is 1. The predicted octanol–water partition coefficient (Wildman–Crippen LogP) is -3.37. The van der Waals surface area contributed by atoms with Crippen LogP contribution in [-0.2, 0) is 14.6 Å². The van der Waals surface area contributed by atoms with Gasteiger partial charge >= 0.3 is 0 Å². The molecule has 0 unspecified atom stereocenters. The third-order valence-corrected chi connectivity index (χ3v) is 4.49. The van der Waals surface area contributed by atoms with Gasteiger partial charge in [-0.1, -0.05) is 13.3 Å². The molecule has 1 fully saturated rings. The van der Waals surface area contributed by atoms with Crippen LogP contribution < -0.4 is 10.4 Å². The number of carbonyl (C=O) groups excluding carboxylic acids is 1. The molecule has 1 aliphatic rings. The van der Waals surface area contributed by atoms with Crippen molar-refractivity contribution >= 4 is 15.8 Å². The van der Waals surface area contributed by atoms with E-state index in [2.05, 4.69) is 0 Å². The minimum absolute atomic E-state index is 0.165. The van der Waals surface area contributed by atoms with Crippen molar-refractivity contribution in [3.05, 3.63) is 0 Å². The Morgan fingerprint density at radius 3 is 2.56 bits per heavy atom. The molecule has 3 N–H and O–H groups in total. The third kappa shape index (κ3) is 3.43. The summed E-state index contributed by atoms with van der Waals surface area (Å²) >= 11 is 0. The summed E-state index contributed by atoms with van der Waals surface area (Å²) in [5.74, 6) is -1.65. The van der Waals surface area contributed by atoms with E-state index in [-0.39, 0.29) is 11.5 Å². The van der Waals surface area contributed by atoms with Gasteiger partial charge in [0.15, 0.2) is 9.84 Å². The van der Waals surface area contributed by atoms with Gasteiger partial charge in [-0.2, -0.15) is 0 Å². The van der Waals surface area contributed by atoms with Crippen LogP contribution in [0.5, 0.6) is 0 Å². The first-order chi connectivity index (χ1) is 7.35. The average molecular weight is 251 g/mol. The second-order valence-electron chi connectivity index (χ2n) is 4.21. The Morgan fingerprint density at radius 2 is 2.19 bits per heavy atom. The highest BCUT2D eigenvalue weighted by atomic mass is 32.2. The molecule has 1 aliphatic heterocycles. The second kappa shape index (κ2) is 5.11. The lowest BCUT2D eigenvalue weighted by atomic mass is 10.1. The maximum Gasteiger partial charge on any atom is 0.159 e. The summed E-state index contributed by atoms with van der Waals surface area (Å²) in [6, 6.07) is -1.36. The number of aliphatic hydroxyl groups is 1. The Kier molecular flexibility index (Phi) is 4.28. The molecule has 0 aromatic carbocycles. The van der Waals surface area contributed by atoms with Crippen molar-refractivity contribution in [2.45, 2.75) is 38.0 Å². The Morgan fingerprint density at radius 1 is 1.56 bits per heavy atom. The highest BCUT2D eigenvalue weighted by molar-refractivity contribution is 7.91. The van der Waals surface area contributed by atoms with E-state index in [4.69, 9.17) is 0 Å². The standard InChI is InChI=1S/C9H17NO5S/c1-2-3-6(9(12)13)10-7-4-16(14,15)5-8(7)11/h6-8,10-11H,2-5H2,1H3,(H,12,13)/t6-,7+,8-/m0/s1. The molecule has 3 atom stereocenters. The number of carboxylic acids is 1. The summed E-state index contributed by atoms with van der Waals surface area (Å²) in [7, 11) is -3.23. The lowest BCUT2D eigenvalue weighted by Crippen LogP contribution is -2.99. The van der Waals surface area contributed by atoms with Gasteiger partial charge < -0.3 is 20.3 Å². The zero-order valence-corrected chi connectivity index (χ0v) is 9.94. The van der Waals surface area contributed by atoms with Gasteiger partial charge in [0.25, 0.3) is 0 Å². The van der Waals surface area contributed by atoms with E-state index < -0.39 is 34.0 Å². The number of aliphatic hydroxyl groups excluding tert-OH is 1. The van der Waals surface area contributed by atoms with E-state index in [1.165, 1.54) is 5.32 Å². The van der Waals surface area contributed by atoms with Gasteiger partial charge in [0.05, 0.1) is 11.7 Å². The van der Waals surface area contributed by atoms with Gasteiger partial charge in [-0.15, -0.1) is 0 Å². The molecule has 1 saturated heterocycles. The van der Waals surface area contributed by atoms with Crippen LogP contribution >= 0.6 is 0 Å². The Balaban J connectivity index is 2.62. The van der Waals surface area contributed by atoms with Gasteiger partial charge in [0.2, 0.25) is 0 Å². The average Bonchev–Trinajstić information content (AvgIpc) is 2.38. The van der Waals surface area contributed by atoms with Crippen molar-refractivity contribution in [3.8, 4) is 0 Å². The molecule has 94 valence electrons. The quantitative estimate of drug-likeness (QED) is 0.530. The van der Waals surface area contributed by atoms with E-state index in [0.29, 0.717) is 12.8 Å². The minimum atomic E-state index is -3.23. The van der Waals surface area contributed by atoms with Gasteiger partial charge in [0, 0.05) is 6.42 Å². The molecule has 0 spiro atoms. The molecule has 0 aromatic heterocycles. The summed E-state index contributed by atoms with van der Waals surface area (Å²) in [4.78, 5) is 10.8. The first-order valence-corrected chi connectivity index (χ1v) is 7.12. The van der Waals surface area contributed by atoms with Crippen molar-refractivity contribution in [2.24, 2.45) is 0 Å². The van der Waals surface area contributed by atoms with Crippen molar-refractivity contribution in [3.63, 3.8) is 0 Å². The predicted molar refractivity (Wildman–Crippen MR) is 54.1 cm³/mol. The van der Waals surface area contributed by atoms with E-state index in [1.807, 2.05) is 6.92 Å². The highest BCUT2D eigenvalue weighted by Crippen LogP contribution is 2.09. The third-order valence-electron chi connectivity index (χ3n) is 2.75. The minimum Gasteiger partial charge on any atom is -0.544 e. The number of rotatable bonds is 5. The summed E-state index contributed by atoms with van der Waals surface area (Å²) < 4.78 is 22.4. The van der Waals surface area contributed by atoms with Gasteiger partial charge in [-0.05, 0) is 0 Å². The van der Waals surface area contributed by atoms with Crippen LogP contribution in [-0.4, -0.2) is 49.2 Å². The van der Waals surface area contributed by atoms with Crippen molar-refractivity contribution in [1.29, 1.82) is 0 Å². The molecule has 0 amide bonds.